The Morgan fingerprint density at radius 3 is 2.44 bits per heavy atom. The van der Waals surface area contributed by atoms with Gasteiger partial charge in [0.05, 0.1) is 24.3 Å². The van der Waals surface area contributed by atoms with Crippen LogP contribution < -0.4 is 13.9 Å². The number of para-hydroxylation sites is 2. The molecule has 10 heteroatoms. The van der Waals surface area contributed by atoms with Crippen molar-refractivity contribution in [2.75, 3.05) is 21.7 Å². The molecule has 1 N–H and O–H groups in total. The molecule has 1 heterocycles. The number of carbonyl (C=O) groups excluding carboxylic acids is 1. The maximum atomic E-state index is 12.8. The Labute approximate surface area is 143 Å². The summed E-state index contributed by atoms with van der Waals surface area (Å²) in [6, 6.07) is 6.84. The average Bonchev–Trinajstić information content (AvgIpc) is 3.31. The van der Waals surface area contributed by atoms with Crippen molar-refractivity contribution in [2.24, 2.45) is 0 Å². The SMILES string of the molecule is O=C(CCC(F)(F)F)NCCN1c2ccccc2N(C2CC2)S1(=O)=O. The fraction of sp³-hybridized carbons (Fsp3) is 0.533. The van der Waals surface area contributed by atoms with Crippen LogP contribution in [0.1, 0.15) is 25.7 Å². The number of nitrogens with zero attached hydrogens (tertiary/aromatic N) is 2. The molecule has 0 atom stereocenters. The Morgan fingerprint density at radius 1 is 1.20 bits per heavy atom. The molecule has 1 amide bonds. The molecule has 0 spiro atoms. The monoisotopic (exact) mass is 377 g/mol. The van der Waals surface area contributed by atoms with Crippen molar-refractivity contribution >= 4 is 27.5 Å². The Kier molecular flexibility index (Phi) is 4.56. The topological polar surface area (TPSA) is 69.7 Å². The van der Waals surface area contributed by atoms with Gasteiger partial charge in [0.2, 0.25) is 5.91 Å². The van der Waals surface area contributed by atoms with Gasteiger partial charge in [0.25, 0.3) is 0 Å². The van der Waals surface area contributed by atoms with Crippen molar-refractivity contribution in [3.05, 3.63) is 24.3 Å². The predicted molar refractivity (Wildman–Crippen MR) is 86.5 cm³/mol. The summed E-state index contributed by atoms with van der Waals surface area (Å²) in [5, 5.41) is 2.35. The second kappa shape index (κ2) is 6.40. The number of hydrogen-bond donors (Lipinski definition) is 1. The lowest BCUT2D eigenvalue weighted by atomic mass is 10.2. The summed E-state index contributed by atoms with van der Waals surface area (Å²) in [5.41, 5.74) is 1.13. The minimum absolute atomic E-state index is 0.0275. The number of nitrogens with one attached hydrogen (secondary N) is 1. The molecule has 2 aliphatic rings. The summed E-state index contributed by atoms with van der Waals surface area (Å²) in [6.45, 7) is -0.0803. The van der Waals surface area contributed by atoms with Gasteiger partial charge in [-0.1, -0.05) is 12.1 Å². The Hall–Kier alpha value is -1.97. The smallest absolute Gasteiger partial charge is 0.354 e. The summed E-state index contributed by atoms with van der Waals surface area (Å²) in [6.07, 6.45) is -4.65. The van der Waals surface area contributed by atoms with Crippen LogP contribution in [0.15, 0.2) is 24.3 Å². The van der Waals surface area contributed by atoms with Crippen LogP contribution in [0, 0.1) is 0 Å². The number of alkyl halides is 3. The lowest BCUT2D eigenvalue weighted by Gasteiger charge is -2.21. The third-order valence-electron chi connectivity index (χ3n) is 4.07. The summed E-state index contributed by atoms with van der Waals surface area (Å²) < 4.78 is 64.4. The van der Waals surface area contributed by atoms with Crippen LogP contribution in [-0.4, -0.2) is 39.6 Å². The first kappa shape index (κ1) is 17.8. The van der Waals surface area contributed by atoms with Crippen LogP contribution in [0.5, 0.6) is 0 Å². The van der Waals surface area contributed by atoms with Crippen LogP contribution >= 0.6 is 0 Å². The maximum absolute atomic E-state index is 12.8. The minimum atomic E-state index is -4.39. The Balaban J connectivity index is 1.63. The third-order valence-corrected chi connectivity index (χ3v) is 5.99. The fourth-order valence-corrected chi connectivity index (χ4v) is 4.71. The van der Waals surface area contributed by atoms with E-state index >= 15 is 0 Å². The normalized spacial score (nSPS) is 19.0. The molecule has 138 valence electrons. The number of halogens is 3. The number of amides is 1. The van der Waals surface area contributed by atoms with E-state index in [0.29, 0.717) is 11.4 Å². The number of rotatable bonds is 6. The molecule has 1 aliphatic heterocycles. The van der Waals surface area contributed by atoms with Crippen LogP contribution in [-0.2, 0) is 15.0 Å². The summed E-state index contributed by atoms with van der Waals surface area (Å²) >= 11 is 0. The van der Waals surface area contributed by atoms with Gasteiger partial charge in [0.15, 0.2) is 0 Å². The fourth-order valence-electron chi connectivity index (χ4n) is 2.79. The first-order valence-electron chi connectivity index (χ1n) is 7.95. The van der Waals surface area contributed by atoms with Gasteiger partial charge in [-0.15, -0.1) is 0 Å². The molecule has 0 radical (unpaired) electrons. The number of anilines is 2. The van der Waals surface area contributed by atoms with Gasteiger partial charge in [-0.25, -0.2) is 8.61 Å². The van der Waals surface area contributed by atoms with Crippen molar-refractivity contribution in [3.63, 3.8) is 0 Å². The highest BCUT2D eigenvalue weighted by atomic mass is 32.2. The van der Waals surface area contributed by atoms with E-state index in [2.05, 4.69) is 5.32 Å². The number of benzene rings is 1. The van der Waals surface area contributed by atoms with E-state index < -0.39 is 35.1 Å². The molecule has 1 aliphatic carbocycles. The van der Waals surface area contributed by atoms with E-state index in [0.717, 1.165) is 12.8 Å². The molecule has 25 heavy (non-hydrogen) atoms. The first-order valence-corrected chi connectivity index (χ1v) is 9.34. The van der Waals surface area contributed by atoms with Gasteiger partial charge in [-0.2, -0.15) is 21.6 Å². The molecule has 6 nitrogen and oxygen atoms in total. The van der Waals surface area contributed by atoms with E-state index in [1.54, 1.807) is 24.3 Å². The zero-order valence-corrected chi connectivity index (χ0v) is 14.1. The van der Waals surface area contributed by atoms with E-state index in [1.165, 1.54) is 8.61 Å². The lowest BCUT2D eigenvalue weighted by Crippen LogP contribution is -2.42. The summed E-state index contributed by atoms with van der Waals surface area (Å²) in [4.78, 5) is 11.5. The lowest BCUT2D eigenvalue weighted by molar-refractivity contribution is -0.144. The van der Waals surface area contributed by atoms with Gasteiger partial charge in [-0.05, 0) is 25.0 Å². The number of carbonyl (C=O) groups is 1. The molecule has 0 saturated heterocycles. The highest BCUT2D eigenvalue weighted by Crippen LogP contribution is 2.46. The van der Waals surface area contributed by atoms with Gasteiger partial charge in [0.1, 0.15) is 0 Å². The highest BCUT2D eigenvalue weighted by molar-refractivity contribution is 7.94. The van der Waals surface area contributed by atoms with Crippen molar-refractivity contribution in [3.8, 4) is 0 Å². The molecular formula is C15H18F3N3O3S. The number of hydrogen-bond acceptors (Lipinski definition) is 3. The van der Waals surface area contributed by atoms with E-state index in [-0.39, 0.29) is 19.1 Å². The zero-order valence-electron chi connectivity index (χ0n) is 13.3. The summed E-state index contributed by atoms with van der Waals surface area (Å²) in [7, 11) is -3.72. The predicted octanol–water partition coefficient (Wildman–Crippen LogP) is 2.18. The maximum Gasteiger partial charge on any atom is 0.389 e. The summed E-state index contributed by atoms with van der Waals surface area (Å²) in [5.74, 6) is -0.749. The molecule has 1 saturated carbocycles. The van der Waals surface area contributed by atoms with Crippen LogP contribution in [0.3, 0.4) is 0 Å². The standard InChI is InChI=1S/C15H18F3N3O3S/c16-15(17,18)8-7-14(22)19-9-10-20-12-3-1-2-4-13(12)21(11-5-6-11)25(20,23)24/h1-4,11H,5-10H2,(H,19,22). The largest absolute Gasteiger partial charge is 0.389 e. The van der Waals surface area contributed by atoms with Crippen molar-refractivity contribution in [1.29, 1.82) is 0 Å². The second-order valence-electron chi connectivity index (χ2n) is 6.06. The zero-order chi connectivity index (χ0) is 18.2. The number of fused-ring (bicyclic) bond motifs is 1. The molecule has 0 bridgehead atoms. The molecule has 1 fully saturated rings. The van der Waals surface area contributed by atoms with Crippen molar-refractivity contribution in [1.82, 2.24) is 5.32 Å². The second-order valence-corrected chi connectivity index (χ2v) is 7.79. The molecule has 0 aromatic heterocycles. The minimum Gasteiger partial charge on any atom is -0.354 e. The van der Waals surface area contributed by atoms with Gasteiger partial charge >= 0.3 is 16.4 Å². The Morgan fingerprint density at radius 2 is 1.84 bits per heavy atom. The quantitative estimate of drug-likeness (QED) is 0.826. The van der Waals surface area contributed by atoms with Gasteiger partial charge in [0, 0.05) is 19.0 Å². The van der Waals surface area contributed by atoms with E-state index in [4.69, 9.17) is 0 Å². The van der Waals surface area contributed by atoms with Crippen LogP contribution in [0.4, 0.5) is 24.5 Å². The van der Waals surface area contributed by atoms with Crippen molar-refractivity contribution in [2.45, 2.75) is 37.9 Å². The van der Waals surface area contributed by atoms with E-state index in [9.17, 15) is 26.4 Å². The van der Waals surface area contributed by atoms with Crippen molar-refractivity contribution < 1.29 is 26.4 Å². The first-order chi connectivity index (χ1) is 11.7. The Bertz CT molecular complexity index is 763. The average molecular weight is 377 g/mol. The molecule has 0 unspecified atom stereocenters. The van der Waals surface area contributed by atoms with Gasteiger partial charge < -0.3 is 5.32 Å². The third kappa shape index (κ3) is 3.83. The molecule has 1 aromatic rings. The molecule has 1 aromatic carbocycles. The van der Waals surface area contributed by atoms with Gasteiger partial charge in [-0.3, -0.25) is 4.79 Å². The van der Waals surface area contributed by atoms with E-state index in [1.807, 2.05) is 0 Å². The van der Waals surface area contributed by atoms with Crippen LogP contribution in [0.2, 0.25) is 0 Å². The highest BCUT2D eigenvalue weighted by Gasteiger charge is 2.47. The molecule has 3 rings (SSSR count). The molecular weight excluding hydrogens is 359 g/mol. The van der Waals surface area contributed by atoms with Crippen LogP contribution in [0.25, 0.3) is 0 Å².